The highest BCUT2D eigenvalue weighted by atomic mass is 16.1. The highest BCUT2D eigenvalue weighted by Crippen LogP contribution is 2.56. The fraction of sp³-hybridized carbons (Fsp3) is 0.429. The Morgan fingerprint density at radius 3 is 0.939 bits per heavy atom. The molecule has 0 bridgehead atoms. The van der Waals surface area contributed by atoms with E-state index in [4.69, 9.17) is 0 Å². The lowest BCUT2D eigenvalue weighted by atomic mass is 9.69. The largest absolute Gasteiger partial charge is 0.343 e. The van der Waals surface area contributed by atoms with Crippen molar-refractivity contribution in [2.24, 2.45) is 28.2 Å². The Hall–Kier alpha value is -8.36. The first-order valence-corrected chi connectivity index (χ1v) is 38.4. The molecule has 8 nitrogen and oxygen atoms in total. The zero-order chi connectivity index (χ0) is 68.9. The Labute approximate surface area is 586 Å². The summed E-state index contributed by atoms with van der Waals surface area (Å²) < 4.78 is 8.25. The molecule has 1 aliphatic carbocycles. The van der Waals surface area contributed by atoms with Crippen LogP contribution in [0.5, 0.6) is 0 Å². The summed E-state index contributed by atoms with van der Waals surface area (Å²) in [5.74, 6) is 0. The first-order valence-electron chi connectivity index (χ1n) is 38.4. The summed E-state index contributed by atoms with van der Waals surface area (Å²) in [6.45, 7) is 9.44. The smallest absolute Gasteiger partial charge is 0.197 e. The molecule has 8 aromatic carbocycles. The molecule has 0 atom stereocenters. The van der Waals surface area contributed by atoms with E-state index in [1.165, 1.54) is 187 Å². The van der Waals surface area contributed by atoms with E-state index in [0.29, 0.717) is 32.3 Å². The molecule has 13 rings (SSSR count). The van der Waals surface area contributed by atoms with Crippen LogP contribution in [0, 0.1) is 13.8 Å². The Balaban J connectivity index is 0.638. The van der Waals surface area contributed by atoms with Gasteiger partial charge in [-0.1, -0.05) is 203 Å². The monoisotopic (exact) mass is 1320 g/mol. The van der Waals surface area contributed by atoms with Crippen LogP contribution in [0.25, 0.3) is 98.4 Å². The number of aryl methyl sites for hydroxylation is 10. The molecule has 514 valence electrons. The van der Waals surface area contributed by atoms with Crippen LogP contribution in [0.4, 0.5) is 0 Å². The number of pyridine rings is 4. The molecule has 0 radical (unpaired) electrons. The Kier molecular flexibility index (Phi) is 21.4. The van der Waals surface area contributed by atoms with E-state index in [1.54, 1.807) is 22.3 Å². The maximum atomic E-state index is 14.3. The van der Waals surface area contributed by atoms with Gasteiger partial charge in [0.2, 0.25) is 0 Å². The van der Waals surface area contributed by atoms with Gasteiger partial charge < -0.3 is 18.3 Å². The number of para-hydroxylation sites is 2. The van der Waals surface area contributed by atoms with E-state index in [2.05, 4.69) is 97.5 Å². The molecule has 4 aromatic heterocycles. The molecule has 4 heterocycles. The van der Waals surface area contributed by atoms with E-state index < -0.39 is 0 Å². The van der Waals surface area contributed by atoms with Crippen LogP contribution in [-0.2, 0) is 59.3 Å². The minimum absolute atomic E-state index is 0.0000384. The normalized spacial score (nSPS) is 12.9. The summed E-state index contributed by atoms with van der Waals surface area (Å²) in [5, 5.41) is 5.44. The van der Waals surface area contributed by atoms with Crippen molar-refractivity contribution in [2.75, 3.05) is 0 Å². The van der Waals surface area contributed by atoms with Gasteiger partial charge in [0.1, 0.15) is 0 Å². The summed E-state index contributed by atoms with van der Waals surface area (Å²) in [6, 6.07) is 46.7. The fourth-order valence-electron chi connectivity index (χ4n) is 17.6. The Morgan fingerprint density at radius 1 is 0.283 bits per heavy atom. The molecule has 0 unspecified atom stereocenters. The van der Waals surface area contributed by atoms with Crippen molar-refractivity contribution in [2.45, 2.75) is 226 Å². The second kappa shape index (κ2) is 30.6. The van der Waals surface area contributed by atoms with Gasteiger partial charge in [-0.15, -0.1) is 0 Å². The van der Waals surface area contributed by atoms with E-state index in [1.807, 2.05) is 110 Å². The van der Waals surface area contributed by atoms with Gasteiger partial charge in [-0.3, -0.25) is 19.2 Å². The SMILES string of the molecule is CCCCCCCCC1(CCCCCCCC)c2cc(CCCCCCCCc3ccc4c(c3)c(=O)c3cc5c(cc3n4C)c(=O)c3ccccc3n5C)c(C)cc2-c2cc(C)c(CCCCCCCCc3ccc4c(c3)c(=O)c3cc5c(cc3n4C)c(=O)c3ccccc3n5C)cc21. The van der Waals surface area contributed by atoms with E-state index in [0.717, 1.165) is 93.4 Å². The molecule has 0 spiro atoms. The number of hydrogen-bond donors (Lipinski definition) is 0. The van der Waals surface area contributed by atoms with E-state index >= 15 is 0 Å². The van der Waals surface area contributed by atoms with Gasteiger partial charge in [-0.2, -0.15) is 0 Å². The lowest BCUT2D eigenvalue weighted by molar-refractivity contribution is 0.397. The molecule has 99 heavy (non-hydrogen) atoms. The minimum Gasteiger partial charge on any atom is -0.343 e. The molecule has 0 aliphatic heterocycles. The molecule has 0 fully saturated rings. The van der Waals surface area contributed by atoms with Crippen molar-refractivity contribution < 1.29 is 0 Å². The number of unbranched alkanes of at least 4 members (excludes halogenated alkanes) is 20. The molecule has 0 saturated heterocycles. The highest BCUT2D eigenvalue weighted by molar-refractivity contribution is 6.05. The van der Waals surface area contributed by atoms with Gasteiger partial charge in [0, 0.05) is 76.7 Å². The van der Waals surface area contributed by atoms with Crippen LogP contribution in [0.2, 0.25) is 0 Å². The van der Waals surface area contributed by atoms with Gasteiger partial charge in [-0.05, 0) is 206 Å². The van der Waals surface area contributed by atoms with E-state index in [-0.39, 0.29) is 27.1 Å². The zero-order valence-corrected chi connectivity index (χ0v) is 60.8. The summed E-state index contributed by atoms with van der Waals surface area (Å²) >= 11 is 0. The average molecular weight is 1320 g/mol. The van der Waals surface area contributed by atoms with Gasteiger partial charge in [0.25, 0.3) is 0 Å². The van der Waals surface area contributed by atoms with Crippen molar-refractivity contribution >= 4 is 87.2 Å². The van der Waals surface area contributed by atoms with Gasteiger partial charge in [-0.25, -0.2) is 0 Å². The number of hydrogen-bond acceptors (Lipinski definition) is 4. The number of rotatable bonds is 32. The number of fused-ring (bicyclic) bond motifs is 11. The Bertz CT molecular complexity index is 4940. The Morgan fingerprint density at radius 2 is 0.576 bits per heavy atom. The molecule has 0 amide bonds. The predicted molar refractivity (Wildman–Crippen MR) is 422 cm³/mol. The highest BCUT2D eigenvalue weighted by Gasteiger charge is 2.43. The minimum atomic E-state index is 0.0000384. The summed E-state index contributed by atoms with van der Waals surface area (Å²) in [7, 11) is 7.98. The van der Waals surface area contributed by atoms with Gasteiger partial charge in [0.05, 0.1) is 44.1 Å². The zero-order valence-electron chi connectivity index (χ0n) is 60.8. The lowest BCUT2D eigenvalue weighted by Gasteiger charge is -2.34. The van der Waals surface area contributed by atoms with Crippen LogP contribution in [0.3, 0.4) is 0 Å². The first kappa shape index (κ1) is 69.1. The van der Waals surface area contributed by atoms with Crippen molar-refractivity contribution in [3.63, 3.8) is 0 Å². The van der Waals surface area contributed by atoms with Gasteiger partial charge >= 0.3 is 0 Å². The summed E-state index contributed by atoms with van der Waals surface area (Å²) in [4.78, 5) is 56.0. The number of nitrogens with zero attached hydrogens (tertiary/aromatic N) is 4. The topological polar surface area (TPSA) is 88.0 Å². The van der Waals surface area contributed by atoms with Crippen molar-refractivity contribution in [1.29, 1.82) is 0 Å². The van der Waals surface area contributed by atoms with Crippen molar-refractivity contribution in [1.82, 2.24) is 18.3 Å². The van der Waals surface area contributed by atoms with Crippen LogP contribution in [-0.4, -0.2) is 18.3 Å². The second-order valence-electron chi connectivity index (χ2n) is 30.1. The molecule has 8 heteroatoms. The van der Waals surface area contributed by atoms with Crippen LogP contribution < -0.4 is 21.7 Å². The van der Waals surface area contributed by atoms with E-state index in [9.17, 15) is 19.2 Å². The number of benzene rings is 8. The summed E-state index contributed by atoms with van der Waals surface area (Å²) in [6.07, 6.45) is 36.9. The molecule has 0 N–H and O–H groups in total. The van der Waals surface area contributed by atoms with Crippen LogP contribution >= 0.6 is 0 Å². The molecular weight excluding hydrogens is 1210 g/mol. The average Bonchev–Trinajstić information content (AvgIpc) is 1.71. The maximum absolute atomic E-state index is 14.3. The first-order chi connectivity index (χ1) is 48.2. The predicted octanol–water partition coefficient (Wildman–Crippen LogP) is 22.3. The van der Waals surface area contributed by atoms with Crippen molar-refractivity contribution in [3.05, 3.63) is 219 Å². The third kappa shape index (κ3) is 13.8. The maximum Gasteiger partial charge on any atom is 0.197 e. The third-order valence-corrected chi connectivity index (χ3v) is 23.5. The third-order valence-electron chi connectivity index (χ3n) is 23.5. The quantitative estimate of drug-likeness (QED) is 0.0310. The van der Waals surface area contributed by atoms with Crippen LogP contribution in [0.15, 0.2) is 153 Å². The molecule has 1 aliphatic rings. The lowest BCUT2D eigenvalue weighted by Crippen LogP contribution is -2.26. The molecule has 0 saturated carbocycles. The van der Waals surface area contributed by atoms with Crippen molar-refractivity contribution in [3.8, 4) is 11.1 Å². The van der Waals surface area contributed by atoms with Crippen LogP contribution in [0.1, 0.15) is 225 Å². The standard InChI is InChI=1S/C91H106N4O4/c1-9-11-13-15-25-35-49-91(50-36-26-16-14-12-10-2)77-55-65(39-29-23-19-17-21-27-37-63-45-47-81-71(53-63)89(98)75-59-83-73(57-85(75)94(81)7)87(96)67-41-31-33-43-79(67)92(83)5)61(3)51-69(77)70-52-62(4)66(56-78(70)91)40-30-24-20-18-22-28-38-64-46-48-82-72(54-64)90(99)76-60-84-74(58-86(76)95(82)8)88(97)68-42-32-34-44-80(68)93(84)6/h31-34,41-48,51-60H,9-30,35-40,49-50H2,1-8H3. The second-order valence-corrected chi connectivity index (χ2v) is 30.1. The number of aromatic nitrogens is 4. The molecule has 12 aromatic rings. The summed E-state index contributed by atoms with van der Waals surface area (Å²) in [5.41, 5.74) is 21.5. The molecular formula is C91H106N4O4. The fourth-order valence-corrected chi connectivity index (χ4v) is 17.6. The van der Waals surface area contributed by atoms with Gasteiger partial charge in [0.15, 0.2) is 21.7 Å².